The summed E-state index contributed by atoms with van der Waals surface area (Å²) in [7, 11) is 3.42. The maximum atomic E-state index is 12.4. The van der Waals surface area contributed by atoms with Crippen molar-refractivity contribution in [3.05, 3.63) is 45.9 Å². The van der Waals surface area contributed by atoms with Crippen molar-refractivity contribution in [3.8, 4) is 5.75 Å². The predicted molar refractivity (Wildman–Crippen MR) is 102 cm³/mol. The lowest BCUT2D eigenvalue weighted by Crippen LogP contribution is -2.38. The third-order valence-electron chi connectivity index (χ3n) is 3.90. The second kappa shape index (κ2) is 7.87. The summed E-state index contributed by atoms with van der Waals surface area (Å²) in [5.74, 6) is 0.789. The highest BCUT2D eigenvalue weighted by atomic mass is 32.1. The van der Waals surface area contributed by atoms with Gasteiger partial charge in [0.1, 0.15) is 10.8 Å². The van der Waals surface area contributed by atoms with Crippen molar-refractivity contribution in [3.63, 3.8) is 0 Å². The van der Waals surface area contributed by atoms with Gasteiger partial charge < -0.3 is 15.0 Å². The number of ether oxygens (including phenoxy) is 1. The lowest BCUT2D eigenvalue weighted by Gasteiger charge is -2.21. The van der Waals surface area contributed by atoms with Gasteiger partial charge in [0.05, 0.1) is 18.8 Å². The zero-order valence-corrected chi connectivity index (χ0v) is 16.6. The standard InChI is InChI=1S/C19H27N3O2S/c1-13(17-21-16(12-25-17)19(2,3)4)20-18(23)22(5)11-14-8-7-9-15(10-14)24-6/h7-10,12-13H,11H2,1-6H3,(H,20,23). The molecule has 6 heteroatoms. The number of benzene rings is 1. The maximum Gasteiger partial charge on any atom is 0.317 e. The first-order valence-electron chi connectivity index (χ1n) is 8.31. The van der Waals surface area contributed by atoms with Gasteiger partial charge in [-0.05, 0) is 24.6 Å². The van der Waals surface area contributed by atoms with Gasteiger partial charge in [-0.15, -0.1) is 11.3 Å². The van der Waals surface area contributed by atoms with E-state index in [1.54, 1.807) is 30.4 Å². The molecule has 25 heavy (non-hydrogen) atoms. The van der Waals surface area contributed by atoms with Crippen molar-refractivity contribution in [2.45, 2.75) is 45.7 Å². The summed E-state index contributed by atoms with van der Waals surface area (Å²) < 4.78 is 5.22. The van der Waals surface area contributed by atoms with Gasteiger partial charge >= 0.3 is 6.03 Å². The molecule has 1 heterocycles. The van der Waals surface area contributed by atoms with Crippen LogP contribution in [0.3, 0.4) is 0 Å². The van der Waals surface area contributed by atoms with Crippen LogP contribution in [0.2, 0.25) is 0 Å². The number of methoxy groups -OCH3 is 1. The first kappa shape index (κ1) is 19.2. The molecule has 1 N–H and O–H groups in total. The van der Waals surface area contributed by atoms with Gasteiger partial charge in [-0.2, -0.15) is 0 Å². The van der Waals surface area contributed by atoms with Crippen LogP contribution >= 0.6 is 11.3 Å². The van der Waals surface area contributed by atoms with Crippen LogP contribution in [0.25, 0.3) is 0 Å². The Balaban J connectivity index is 1.97. The molecule has 0 bridgehead atoms. The molecule has 2 rings (SSSR count). The number of hydrogen-bond acceptors (Lipinski definition) is 4. The fourth-order valence-electron chi connectivity index (χ4n) is 2.30. The number of nitrogens with one attached hydrogen (secondary N) is 1. The third-order valence-corrected chi connectivity index (χ3v) is 4.93. The molecular formula is C19H27N3O2S. The van der Waals surface area contributed by atoms with Crippen molar-refractivity contribution in [2.75, 3.05) is 14.2 Å². The Labute approximate surface area is 154 Å². The Morgan fingerprint density at radius 3 is 2.72 bits per heavy atom. The average molecular weight is 362 g/mol. The van der Waals surface area contributed by atoms with E-state index in [0.29, 0.717) is 6.54 Å². The molecule has 0 aliphatic carbocycles. The molecule has 0 spiro atoms. The van der Waals surface area contributed by atoms with Gasteiger partial charge in [-0.3, -0.25) is 0 Å². The van der Waals surface area contributed by atoms with Crippen LogP contribution in [0.1, 0.15) is 50.0 Å². The Hall–Kier alpha value is -2.08. The summed E-state index contributed by atoms with van der Waals surface area (Å²) in [6.45, 7) is 8.88. The number of nitrogens with zero attached hydrogens (tertiary/aromatic N) is 2. The van der Waals surface area contributed by atoms with Crippen molar-refractivity contribution in [2.24, 2.45) is 0 Å². The average Bonchev–Trinajstić information content (AvgIpc) is 3.05. The molecule has 1 aromatic heterocycles. The number of rotatable bonds is 5. The Morgan fingerprint density at radius 2 is 2.12 bits per heavy atom. The summed E-state index contributed by atoms with van der Waals surface area (Å²) in [5, 5.41) is 6.00. The zero-order chi connectivity index (χ0) is 18.6. The lowest BCUT2D eigenvalue weighted by atomic mass is 9.93. The number of hydrogen-bond donors (Lipinski definition) is 1. The number of thiazole rings is 1. The molecule has 0 saturated carbocycles. The van der Waals surface area contributed by atoms with Crippen molar-refractivity contribution in [1.29, 1.82) is 0 Å². The summed E-state index contributed by atoms with van der Waals surface area (Å²) in [6.07, 6.45) is 0. The maximum absolute atomic E-state index is 12.4. The fourth-order valence-corrected chi connectivity index (χ4v) is 3.36. The third kappa shape index (κ3) is 5.19. The van der Waals surface area contributed by atoms with Crippen molar-refractivity contribution < 1.29 is 9.53 Å². The number of carbonyl (C=O) groups is 1. The van der Waals surface area contributed by atoms with E-state index >= 15 is 0 Å². The van der Waals surface area contributed by atoms with E-state index in [2.05, 4.69) is 36.5 Å². The zero-order valence-electron chi connectivity index (χ0n) is 15.8. The quantitative estimate of drug-likeness (QED) is 0.861. The Kier molecular flexibility index (Phi) is 6.06. The number of aromatic nitrogens is 1. The Bertz CT molecular complexity index is 721. The Morgan fingerprint density at radius 1 is 1.40 bits per heavy atom. The molecule has 0 radical (unpaired) electrons. The van der Waals surface area contributed by atoms with Gasteiger partial charge in [-0.1, -0.05) is 32.9 Å². The van der Waals surface area contributed by atoms with Crippen LogP contribution in [0.5, 0.6) is 5.75 Å². The molecule has 2 aromatic rings. The van der Waals surface area contributed by atoms with Gasteiger partial charge in [-0.25, -0.2) is 9.78 Å². The molecule has 136 valence electrons. The van der Waals surface area contributed by atoms with E-state index in [1.807, 2.05) is 31.2 Å². The first-order valence-corrected chi connectivity index (χ1v) is 9.19. The molecule has 0 aliphatic rings. The van der Waals surface area contributed by atoms with Gasteiger partial charge in [0.2, 0.25) is 0 Å². The van der Waals surface area contributed by atoms with Crippen LogP contribution in [-0.2, 0) is 12.0 Å². The molecule has 1 aromatic carbocycles. The van der Waals surface area contributed by atoms with Crippen LogP contribution in [-0.4, -0.2) is 30.1 Å². The second-order valence-corrected chi connectivity index (χ2v) is 8.09. The normalized spacial score (nSPS) is 12.6. The van der Waals surface area contributed by atoms with E-state index in [1.165, 1.54) is 0 Å². The first-order chi connectivity index (χ1) is 11.7. The van der Waals surface area contributed by atoms with Gasteiger partial charge in [0, 0.05) is 24.4 Å². The highest BCUT2D eigenvalue weighted by molar-refractivity contribution is 7.09. The van der Waals surface area contributed by atoms with Crippen LogP contribution in [0.4, 0.5) is 4.79 Å². The molecule has 0 saturated heterocycles. The van der Waals surface area contributed by atoms with Gasteiger partial charge in [0.15, 0.2) is 0 Å². The monoisotopic (exact) mass is 361 g/mol. The molecule has 0 fully saturated rings. The molecule has 0 aliphatic heterocycles. The molecule has 1 atom stereocenters. The minimum atomic E-state index is -0.124. The minimum absolute atomic E-state index is 0.0155. The second-order valence-electron chi connectivity index (χ2n) is 7.20. The highest BCUT2D eigenvalue weighted by Crippen LogP contribution is 2.26. The molecule has 1 unspecified atom stereocenters. The minimum Gasteiger partial charge on any atom is -0.497 e. The van der Waals surface area contributed by atoms with Crippen LogP contribution < -0.4 is 10.1 Å². The number of amides is 2. The van der Waals surface area contributed by atoms with E-state index in [9.17, 15) is 4.79 Å². The summed E-state index contributed by atoms with van der Waals surface area (Å²) >= 11 is 1.59. The summed E-state index contributed by atoms with van der Waals surface area (Å²) in [4.78, 5) is 18.8. The lowest BCUT2D eigenvalue weighted by molar-refractivity contribution is 0.203. The number of urea groups is 1. The van der Waals surface area contributed by atoms with Gasteiger partial charge in [0.25, 0.3) is 0 Å². The highest BCUT2D eigenvalue weighted by Gasteiger charge is 2.21. The van der Waals surface area contributed by atoms with Crippen molar-refractivity contribution >= 4 is 17.4 Å². The van der Waals surface area contributed by atoms with E-state index in [0.717, 1.165) is 22.0 Å². The van der Waals surface area contributed by atoms with Crippen LogP contribution in [0.15, 0.2) is 29.6 Å². The van der Waals surface area contributed by atoms with E-state index in [4.69, 9.17) is 4.74 Å². The van der Waals surface area contributed by atoms with E-state index < -0.39 is 0 Å². The SMILES string of the molecule is COc1cccc(CN(C)C(=O)NC(C)c2nc(C(C)(C)C)cs2)c1. The predicted octanol–water partition coefficient (Wildman–Crippen LogP) is 4.35. The smallest absolute Gasteiger partial charge is 0.317 e. The molecular weight excluding hydrogens is 334 g/mol. The van der Waals surface area contributed by atoms with E-state index in [-0.39, 0.29) is 17.5 Å². The fraction of sp³-hybridized carbons (Fsp3) is 0.474. The topological polar surface area (TPSA) is 54.5 Å². The summed E-state index contributed by atoms with van der Waals surface area (Å²) in [5.41, 5.74) is 2.09. The summed E-state index contributed by atoms with van der Waals surface area (Å²) in [6, 6.07) is 7.48. The van der Waals surface area contributed by atoms with Crippen molar-refractivity contribution in [1.82, 2.24) is 15.2 Å². The molecule has 2 amide bonds. The number of carbonyl (C=O) groups excluding carboxylic acids is 1. The van der Waals surface area contributed by atoms with Crippen LogP contribution in [0, 0.1) is 0 Å². The largest absolute Gasteiger partial charge is 0.497 e. The molecule has 5 nitrogen and oxygen atoms in total.